The van der Waals surface area contributed by atoms with Crippen LogP contribution in [0.3, 0.4) is 0 Å². The summed E-state index contributed by atoms with van der Waals surface area (Å²) in [6, 6.07) is -2.74. The van der Waals surface area contributed by atoms with Crippen molar-refractivity contribution in [3.8, 4) is 0 Å². The molecule has 18 unspecified atom stereocenters. The highest BCUT2D eigenvalue weighted by Crippen LogP contribution is 2.32. The average Bonchev–Trinajstić information content (AvgIpc) is 3.54. The molecule has 2 aromatic heterocycles. The van der Waals surface area contributed by atoms with Crippen LogP contribution in [0, 0.1) is 0 Å². The van der Waals surface area contributed by atoms with Gasteiger partial charge in [-0.25, -0.2) is 9.97 Å². The predicted molar refractivity (Wildman–Crippen MR) is 285 cm³/mol. The standard InChI is InChI=1S/C46H69N13O20S2/c1-59(11-18-10-52-38-30(53-18)37(48)57-46(49)58-38)19-4-2-17(3-5-19)39(69)54-20(6-7-26(63)64)40(70)56-29-33(67)31(65)23(12-60)76-45(29)79-35-25(14-62)77-44(27(47)32(35)66)78-36-24(13-61)75-43(74)28(34(36)68)55-41(71)21(15-80)50-8-9-51-22(16-81)42(72)73/h2-5,10,20-25,27-29,31-36,43-45,50-51,60-62,65-68,74,80-81H,6-9,11-16,47H2,1H3,(H,54,69)(H,55,71)(H,56,70)(H,63,64)(H,72,73)(H4,48,49,52,57,58). The van der Waals surface area contributed by atoms with E-state index in [9.17, 15) is 75.0 Å². The van der Waals surface area contributed by atoms with Crippen LogP contribution in [0.2, 0.25) is 0 Å². The number of fused-ring (bicyclic) bond motifs is 1. The number of ether oxygens (including phenoxy) is 5. The summed E-state index contributed by atoms with van der Waals surface area (Å²) in [4.78, 5) is 82.6. The molecule has 1 aromatic carbocycles. The Morgan fingerprint density at radius 3 is 1.93 bits per heavy atom. The number of amides is 3. The second-order valence-corrected chi connectivity index (χ2v) is 19.8. The van der Waals surface area contributed by atoms with Gasteiger partial charge < -0.3 is 123 Å². The predicted octanol–water partition coefficient (Wildman–Crippen LogP) is -8.30. The van der Waals surface area contributed by atoms with E-state index in [0.29, 0.717) is 11.4 Å². The lowest BCUT2D eigenvalue weighted by Crippen LogP contribution is -2.70. The maximum atomic E-state index is 14.1. The smallest absolute Gasteiger partial charge is 0.321 e. The molecule has 21 N–H and O–H groups in total. The number of aromatic nitrogens is 4. The number of aliphatic hydroxyl groups is 8. The molecule has 3 aliphatic rings. The van der Waals surface area contributed by atoms with Crippen LogP contribution < -0.4 is 48.7 Å². The number of rotatable bonds is 27. The molecule has 0 radical (unpaired) electrons. The molecule has 33 nitrogen and oxygen atoms in total. The molecular weight excluding hydrogens is 1120 g/mol. The minimum Gasteiger partial charge on any atom is -0.481 e. The number of hydrogen-bond donors (Lipinski definition) is 20. The fraction of sp³-hybridized carbons (Fsp3) is 0.630. The zero-order chi connectivity index (χ0) is 59.4. The van der Waals surface area contributed by atoms with Crippen LogP contribution >= 0.6 is 25.3 Å². The number of anilines is 3. The normalized spacial score (nSPS) is 29.7. The lowest BCUT2D eigenvalue weighted by atomic mass is 9.94. The van der Waals surface area contributed by atoms with E-state index in [0.717, 1.165) is 0 Å². The van der Waals surface area contributed by atoms with Crippen molar-refractivity contribution in [2.45, 2.75) is 129 Å². The number of benzene rings is 1. The molecule has 450 valence electrons. The summed E-state index contributed by atoms with van der Waals surface area (Å²) < 4.78 is 29.1. The summed E-state index contributed by atoms with van der Waals surface area (Å²) in [5.41, 5.74) is 19.6. The van der Waals surface area contributed by atoms with Crippen molar-refractivity contribution in [2.24, 2.45) is 5.73 Å². The number of nitrogens with one attached hydrogen (secondary N) is 5. The van der Waals surface area contributed by atoms with Crippen LogP contribution in [-0.4, -0.2) is 262 Å². The number of hydrogen-bond acceptors (Lipinski definition) is 30. The summed E-state index contributed by atoms with van der Waals surface area (Å²) in [7, 11) is 1.74. The average molecular weight is 1190 g/mol. The Bertz CT molecular complexity index is 2610. The van der Waals surface area contributed by atoms with Gasteiger partial charge in [0.2, 0.25) is 17.8 Å². The Labute approximate surface area is 472 Å². The number of aliphatic carboxylic acids is 2. The molecule has 18 atom stereocenters. The summed E-state index contributed by atoms with van der Waals surface area (Å²) >= 11 is 8.17. The van der Waals surface area contributed by atoms with Crippen molar-refractivity contribution in [1.29, 1.82) is 0 Å². The SMILES string of the molecule is CN(Cc1cnc2nc(N)nc(N)c2n1)c1ccc(C(=O)NC(CCC(=O)O)C(=O)NC2C(OC3C(CO)OC(OC4C(CO)OC(O)C(NC(=O)C(CS)NCCNC(CS)C(=O)O)C4O)C(N)C3O)OC(CO)C(O)C2O)cc1. The van der Waals surface area contributed by atoms with Gasteiger partial charge in [-0.3, -0.25) is 24.0 Å². The number of thiol groups is 2. The Kier molecular flexibility index (Phi) is 23.6. The van der Waals surface area contributed by atoms with Gasteiger partial charge in [0, 0.05) is 49.3 Å². The van der Waals surface area contributed by atoms with Crippen molar-refractivity contribution in [2.75, 3.05) is 67.8 Å². The first-order valence-electron chi connectivity index (χ1n) is 25.2. The minimum absolute atomic E-state index is 0.00459. The molecular formula is C46H69N13O20S2. The van der Waals surface area contributed by atoms with Crippen molar-refractivity contribution in [3.05, 3.63) is 41.7 Å². The van der Waals surface area contributed by atoms with Gasteiger partial charge in [-0.15, -0.1) is 0 Å². The van der Waals surface area contributed by atoms with Crippen molar-refractivity contribution in [1.82, 2.24) is 46.5 Å². The molecule has 5 heterocycles. The van der Waals surface area contributed by atoms with Crippen molar-refractivity contribution in [3.63, 3.8) is 0 Å². The summed E-state index contributed by atoms with van der Waals surface area (Å²) in [6.45, 7) is -2.38. The first-order valence-corrected chi connectivity index (χ1v) is 26.5. The number of carbonyl (C=O) groups excluding carboxylic acids is 3. The highest BCUT2D eigenvalue weighted by molar-refractivity contribution is 7.80. The molecule has 3 saturated heterocycles. The van der Waals surface area contributed by atoms with Gasteiger partial charge in [0.05, 0.1) is 50.3 Å². The van der Waals surface area contributed by atoms with Gasteiger partial charge >= 0.3 is 11.9 Å². The maximum absolute atomic E-state index is 14.1. The highest BCUT2D eigenvalue weighted by atomic mass is 32.1. The molecule has 0 spiro atoms. The van der Waals surface area contributed by atoms with Crippen molar-refractivity contribution >= 4 is 83.5 Å². The fourth-order valence-electron chi connectivity index (χ4n) is 8.98. The molecule has 3 aromatic rings. The number of aliphatic hydroxyl groups excluding tert-OH is 8. The molecule has 0 aliphatic carbocycles. The monoisotopic (exact) mass is 1190 g/mol. The van der Waals surface area contributed by atoms with Gasteiger partial charge in [0.15, 0.2) is 35.9 Å². The number of carboxylic acids is 2. The third-order valence-electron chi connectivity index (χ3n) is 13.5. The molecule has 6 rings (SSSR count). The fourth-order valence-corrected chi connectivity index (χ4v) is 9.56. The second-order valence-electron chi connectivity index (χ2n) is 19.1. The number of carbonyl (C=O) groups is 5. The Morgan fingerprint density at radius 1 is 0.728 bits per heavy atom. The van der Waals surface area contributed by atoms with E-state index < -0.39 is 172 Å². The van der Waals surface area contributed by atoms with Gasteiger partial charge in [-0.05, 0) is 30.7 Å². The van der Waals surface area contributed by atoms with E-state index in [2.05, 4.69) is 71.8 Å². The van der Waals surface area contributed by atoms with E-state index in [4.69, 9.17) is 40.9 Å². The molecule has 3 fully saturated rings. The van der Waals surface area contributed by atoms with Gasteiger partial charge in [0.25, 0.3) is 5.91 Å². The summed E-state index contributed by atoms with van der Waals surface area (Å²) in [6.07, 6.45) is -21.2. The first kappa shape index (κ1) is 64.6. The topological polar surface area (TPSA) is 527 Å². The van der Waals surface area contributed by atoms with Crippen LogP contribution in [0.4, 0.5) is 17.5 Å². The lowest BCUT2D eigenvalue weighted by molar-refractivity contribution is -0.349. The Hall–Kier alpha value is -5.55. The Morgan fingerprint density at radius 2 is 1.31 bits per heavy atom. The van der Waals surface area contributed by atoms with Gasteiger partial charge in [-0.2, -0.15) is 35.2 Å². The number of carboxylic acid groups (broad SMARTS) is 2. The number of nitrogen functional groups attached to an aromatic ring is 2. The maximum Gasteiger partial charge on any atom is 0.321 e. The lowest BCUT2D eigenvalue weighted by Gasteiger charge is -2.49. The largest absolute Gasteiger partial charge is 0.481 e. The van der Waals surface area contributed by atoms with E-state index in [1.807, 2.05) is 0 Å². The zero-order valence-corrected chi connectivity index (χ0v) is 45.1. The van der Waals surface area contributed by atoms with Crippen LogP contribution in [0.1, 0.15) is 28.9 Å². The minimum atomic E-state index is -2.02. The van der Waals surface area contributed by atoms with Crippen LogP contribution in [0.15, 0.2) is 30.5 Å². The van der Waals surface area contributed by atoms with Gasteiger partial charge in [0.1, 0.15) is 79.1 Å². The Balaban J connectivity index is 1.12. The highest BCUT2D eigenvalue weighted by Gasteiger charge is 2.54. The van der Waals surface area contributed by atoms with Crippen molar-refractivity contribution < 1.29 is 98.7 Å². The molecule has 0 saturated carbocycles. The van der Waals surface area contributed by atoms with Crippen LogP contribution in [-0.2, 0) is 49.4 Å². The third kappa shape index (κ3) is 16.2. The molecule has 81 heavy (non-hydrogen) atoms. The molecule has 0 bridgehead atoms. The van der Waals surface area contributed by atoms with E-state index in [1.165, 1.54) is 18.3 Å². The third-order valence-corrected chi connectivity index (χ3v) is 14.2. The van der Waals surface area contributed by atoms with E-state index in [-0.39, 0.29) is 59.6 Å². The van der Waals surface area contributed by atoms with Crippen LogP contribution in [0.5, 0.6) is 0 Å². The molecule has 35 heteroatoms. The zero-order valence-electron chi connectivity index (χ0n) is 43.3. The number of nitrogens with two attached hydrogens (primary N) is 3. The van der Waals surface area contributed by atoms with E-state index >= 15 is 0 Å². The first-order chi connectivity index (χ1) is 38.5. The van der Waals surface area contributed by atoms with Gasteiger partial charge in [-0.1, -0.05) is 0 Å². The summed E-state index contributed by atoms with van der Waals surface area (Å²) in [5.74, 6) is -5.33. The van der Waals surface area contributed by atoms with Crippen LogP contribution in [0.25, 0.3) is 11.2 Å². The number of nitrogens with zero attached hydrogens (tertiary/aromatic N) is 5. The summed E-state index contributed by atoms with van der Waals surface area (Å²) in [5, 5.41) is 119. The molecule has 3 amide bonds. The molecule has 3 aliphatic heterocycles. The second kappa shape index (κ2) is 29.6. The quantitative estimate of drug-likeness (QED) is 0.0249. The van der Waals surface area contributed by atoms with E-state index in [1.54, 1.807) is 24.1 Å².